The van der Waals surface area contributed by atoms with Crippen LogP contribution < -0.4 is 0 Å². The summed E-state index contributed by atoms with van der Waals surface area (Å²) in [6.45, 7) is 6.72. The van der Waals surface area contributed by atoms with E-state index in [9.17, 15) is 0 Å². The third kappa shape index (κ3) is 6.12. The molecule has 0 N–H and O–H groups in total. The Kier molecular flexibility index (Phi) is 8.79. The topological polar surface area (TPSA) is 30.7 Å². The largest absolute Gasteiger partial charge is 2.00 e. The van der Waals surface area contributed by atoms with Gasteiger partial charge < -0.3 is 17.2 Å². The second-order valence-electron chi connectivity index (χ2n) is 13.2. The van der Waals surface area contributed by atoms with Crippen molar-refractivity contribution in [3.05, 3.63) is 157 Å². The van der Waals surface area contributed by atoms with E-state index < -0.39 is 0 Å². The number of hydrogen-bond acceptors (Lipinski definition) is 3. The van der Waals surface area contributed by atoms with Gasteiger partial charge in [0.1, 0.15) is 0 Å². The normalized spacial score (nSPS) is 11.5. The van der Waals surface area contributed by atoms with E-state index in [1.807, 2.05) is 36.5 Å². The standard InChI is InChI=1S/C44H34N3S.Pt/c1-44(2,3)34-21-23-35(24-22-34)47-39-19-10-18-37(36-17-7-8-20-40(36)48)42(39)46-43(47)32-15-9-14-30(26-32)38-28-33(29-12-5-4-6-13-29)27-31-16-11-25-45-41(31)38;/h4-25,27-28,48H,1-3H3;/q-1;+2/p-1. The predicted octanol–water partition coefficient (Wildman–Crippen LogP) is 11.2. The van der Waals surface area contributed by atoms with Crippen molar-refractivity contribution in [3.8, 4) is 50.5 Å². The minimum absolute atomic E-state index is 0. The van der Waals surface area contributed by atoms with Gasteiger partial charge in [0.25, 0.3) is 0 Å². The predicted molar refractivity (Wildman–Crippen MR) is 201 cm³/mol. The maximum Gasteiger partial charge on any atom is 2.00 e. The van der Waals surface area contributed by atoms with Gasteiger partial charge in [-0.05, 0) is 63.4 Å². The van der Waals surface area contributed by atoms with Crippen LogP contribution in [0.25, 0.3) is 72.4 Å². The maximum atomic E-state index is 5.78. The summed E-state index contributed by atoms with van der Waals surface area (Å²) in [6, 6.07) is 52.4. The molecule has 0 unspecified atom stereocenters. The second kappa shape index (κ2) is 13.2. The third-order valence-electron chi connectivity index (χ3n) is 8.99. The van der Waals surface area contributed by atoms with E-state index in [1.165, 1.54) is 5.56 Å². The van der Waals surface area contributed by atoms with Gasteiger partial charge in [0, 0.05) is 23.0 Å². The van der Waals surface area contributed by atoms with Crippen LogP contribution in [0.2, 0.25) is 0 Å². The molecule has 0 aliphatic heterocycles. The van der Waals surface area contributed by atoms with Gasteiger partial charge in [-0.15, -0.1) is 29.8 Å². The molecule has 3 nitrogen and oxygen atoms in total. The molecule has 0 aliphatic carbocycles. The fourth-order valence-corrected chi connectivity index (χ4v) is 6.77. The molecule has 2 aromatic heterocycles. The number of hydrogen-bond donors (Lipinski definition) is 0. The monoisotopic (exact) mass is 830 g/mol. The molecule has 2 heterocycles. The van der Waals surface area contributed by atoms with Crippen molar-refractivity contribution in [2.24, 2.45) is 0 Å². The Balaban J connectivity index is 0.00000378. The van der Waals surface area contributed by atoms with E-state index in [1.54, 1.807) is 0 Å². The Morgan fingerprint density at radius 1 is 0.612 bits per heavy atom. The van der Waals surface area contributed by atoms with E-state index in [0.29, 0.717) is 0 Å². The van der Waals surface area contributed by atoms with Crippen LogP contribution in [0, 0.1) is 6.07 Å². The smallest absolute Gasteiger partial charge is 0.779 e. The minimum Gasteiger partial charge on any atom is -0.779 e. The van der Waals surface area contributed by atoms with Crippen molar-refractivity contribution in [2.45, 2.75) is 31.1 Å². The Hall–Kier alpha value is -4.89. The zero-order chi connectivity index (χ0) is 32.8. The molecule has 8 aromatic rings. The summed E-state index contributed by atoms with van der Waals surface area (Å²) in [6.07, 6.45) is 1.86. The molecule has 0 saturated carbocycles. The first kappa shape index (κ1) is 32.6. The van der Waals surface area contributed by atoms with Crippen molar-refractivity contribution in [3.63, 3.8) is 0 Å². The summed E-state index contributed by atoms with van der Waals surface area (Å²) in [5.74, 6) is 0.820. The second-order valence-corrected chi connectivity index (χ2v) is 13.6. The number of fused-ring (bicyclic) bond motifs is 2. The molecule has 0 radical (unpaired) electrons. The first-order chi connectivity index (χ1) is 23.3. The van der Waals surface area contributed by atoms with E-state index in [0.717, 1.165) is 77.3 Å². The van der Waals surface area contributed by atoms with Crippen LogP contribution in [0.3, 0.4) is 0 Å². The third-order valence-corrected chi connectivity index (χ3v) is 9.35. The van der Waals surface area contributed by atoms with Crippen molar-refractivity contribution in [1.29, 1.82) is 0 Å². The van der Waals surface area contributed by atoms with Crippen LogP contribution in [0.4, 0.5) is 0 Å². The quantitative estimate of drug-likeness (QED) is 0.128. The fraction of sp³-hybridized carbons (Fsp3) is 0.0909. The average Bonchev–Trinajstić information content (AvgIpc) is 3.52. The van der Waals surface area contributed by atoms with Gasteiger partial charge in [-0.25, -0.2) is 0 Å². The van der Waals surface area contributed by atoms with Crippen LogP contribution in [0.15, 0.2) is 151 Å². The van der Waals surface area contributed by atoms with Gasteiger partial charge in [-0.2, -0.15) is 4.90 Å². The number of imidazole rings is 1. The first-order valence-corrected chi connectivity index (χ1v) is 16.6. The van der Waals surface area contributed by atoms with E-state index in [-0.39, 0.29) is 26.5 Å². The molecule has 0 bridgehead atoms. The summed E-state index contributed by atoms with van der Waals surface area (Å²) >= 11 is 5.78. The van der Waals surface area contributed by atoms with Gasteiger partial charge >= 0.3 is 21.1 Å². The molecule has 0 fully saturated rings. The molecule has 0 aliphatic rings. The average molecular weight is 831 g/mol. The molecule has 49 heavy (non-hydrogen) atoms. The van der Waals surface area contributed by atoms with E-state index >= 15 is 0 Å². The molecular weight excluding hydrogens is 798 g/mol. The number of aromatic nitrogens is 3. The molecule has 8 rings (SSSR count). The number of nitrogens with zero attached hydrogens (tertiary/aromatic N) is 3. The van der Waals surface area contributed by atoms with E-state index in [2.05, 4.69) is 141 Å². The summed E-state index contributed by atoms with van der Waals surface area (Å²) in [5, 5.41) is 1.09. The molecule has 0 atom stereocenters. The van der Waals surface area contributed by atoms with Gasteiger partial charge in [0.05, 0.1) is 16.9 Å². The molecule has 6 aromatic carbocycles. The molecule has 0 saturated heterocycles. The molecular formula is C44H33N3PtS. The summed E-state index contributed by atoms with van der Waals surface area (Å²) in [4.78, 5) is 11.0. The summed E-state index contributed by atoms with van der Waals surface area (Å²) in [7, 11) is 0. The van der Waals surface area contributed by atoms with Gasteiger partial charge in [-0.3, -0.25) is 9.97 Å². The van der Waals surface area contributed by atoms with Crippen molar-refractivity contribution < 1.29 is 21.1 Å². The molecule has 0 amide bonds. The number of pyridine rings is 1. The zero-order valence-electron chi connectivity index (χ0n) is 27.4. The number of benzene rings is 6. The van der Waals surface area contributed by atoms with Crippen molar-refractivity contribution in [2.75, 3.05) is 0 Å². The Morgan fingerprint density at radius 2 is 1.33 bits per heavy atom. The summed E-state index contributed by atoms with van der Waals surface area (Å²) < 4.78 is 2.25. The number of rotatable bonds is 5. The van der Waals surface area contributed by atoms with E-state index in [4.69, 9.17) is 22.6 Å². The zero-order valence-corrected chi connectivity index (χ0v) is 30.5. The fourth-order valence-electron chi connectivity index (χ4n) is 6.51. The van der Waals surface area contributed by atoms with Gasteiger partial charge in [0.2, 0.25) is 0 Å². The SMILES string of the molecule is CC(C)(C)c1ccc(-n2c(-c3[c-]c(-c4cc(-c5ccccc5)cc5cccnc45)ccc3)nc3c(-c4ccccc4[S-])cccc32)cc1.[Pt+2]. The summed E-state index contributed by atoms with van der Waals surface area (Å²) in [5.41, 5.74) is 12.5. The van der Waals surface area contributed by atoms with Gasteiger partial charge in [0.15, 0.2) is 0 Å². The minimum atomic E-state index is 0. The number of para-hydroxylation sites is 1. The maximum absolute atomic E-state index is 5.78. The van der Waals surface area contributed by atoms with Gasteiger partial charge in [-0.1, -0.05) is 123 Å². The van der Waals surface area contributed by atoms with Crippen LogP contribution in [0.1, 0.15) is 26.3 Å². The van der Waals surface area contributed by atoms with Crippen molar-refractivity contribution in [1.82, 2.24) is 14.5 Å². The van der Waals surface area contributed by atoms with Crippen LogP contribution >= 0.6 is 0 Å². The molecule has 0 spiro atoms. The van der Waals surface area contributed by atoms with Crippen LogP contribution in [0.5, 0.6) is 0 Å². The Labute approximate surface area is 307 Å². The molecule has 5 heteroatoms. The molecule has 240 valence electrons. The van der Waals surface area contributed by atoms with Crippen LogP contribution in [-0.2, 0) is 39.1 Å². The Morgan fingerprint density at radius 3 is 2.10 bits per heavy atom. The first-order valence-electron chi connectivity index (χ1n) is 16.2. The van der Waals surface area contributed by atoms with Crippen LogP contribution in [-0.4, -0.2) is 14.5 Å². The van der Waals surface area contributed by atoms with Crippen molar-refractivity contribution >= 4 is 34.6 Å². The Bertz CT molecular complexity index is 2440.